The number of hydrogen-bond donors (Lipinski definition) is 0. The summed E-state index contributed by atoms with van der Waals surface area (Å²) in [6.45, 7) is 7.52. The minimum atomic E-state index is 0.148. The van der Waals surface area contributed by atoms with Crippen molar-refractivity contribution in [3.8, 4) is 0 Å². The zero-order valence-electron chi connectivity index (χ0n) is 10.5. The molecule has 0 aliphatic carbocycles. The van der Waals surface area contributed by atoms with Crippen LogP contribution in [0.3, 0.4) is 0 Å². The molecule has 0 aliphatic rings. The standard InChI is InChI=1S/C12H22ClN3/c1-4-6-12(3,9-13)8-11-14-10-15-16(11)7-5-2/h10H,4-9H2,1-3H3. The number of alkyl halides is 1. The van der Waals surface area contributed by atoms with Crippen molar-refractivity contribution in [3.63, 3.8) is 0 Å². The Labute approximate surface area is 103 Å². The molecule has 1 unspecified atom stereocenters. The number of hydrogen-bond acceptors (Lipinski definition) is 2. The molecule has 0 saturated heterocycles. The molecule has 4 heteroatoms. The van der Waals surface area contributed by atoms with Crippen LogP contribution in [0.5, 0.6) is 0 Å². The molecular weight excluding hydrogens is 222 g/mol. The van der Waals surface area contributed by atoms with E-state index >= 15 is 0 Å². The summed E-state index contributed by atoms with van der Waals surface area (Å²) in [6, 6.07) is 0. The summed E-state index contributed by atoms with van der Waals surface area (Å²) in [6.07, 6.45) is 5.94. The first-order chi connectivity index (χ1) is 7.65. The Morgan fingerprint density at radius 1 is 1.38 bits per heavy atom. The number of rotatable bonds is 7. The fraction of sp³-hybridized carbons (Fsp3) is 0.833. The second-order valence-electron chi connectivity index (χ2n) is 4.77. The lowest BCUT2D eigenvalue weighted by Crippen LogP contribution is -2.24. The largest absolute Gasteiger partial charge is 0.250 e. The summed E-state index contributed by atoms with van der Waals surface area (Å²) in [4.78, 5) is 4.34. The molecule has 3 nitrogen and oxygen atoms in total. The average Bonchev–Trinajstić information content (AvgIpc) is 2.67. The molecule has 0 bridgehead atoms. The molecule has 0 radical (unpaired) electrons. The van der Waals surface area contributed by atoms with E-state index in [1.54, 1.807) is 6.33 Å². The first-order valence-corrected chi connectivity index (χ1v) is 6.61. The van der Waals surface area contributed by atoms with Gasteiger partial charge in [-0.05, 0) is 18.3 Å². The maximum atomic E-state index is 6.08. The van der Waals surface area contributed by atoms with Crippen LogP contribution in [-0.4, -0.2) is 20.6 Å². The van der Waals surface area contributed by atoms with Crippen LogP contribution in [-0.2, 0) is 13.0 Å². The zero-order valence-corrected chi connectivity index (χ0v) is 11.3. The van der Waals surface area contributed by atoms with Gasteiger partial charge in [0.1, 0.15) is 12.2 Å². The molecule has 1 heterocycles. The monoisotopic (exact) mass is 243 g/mol. The summed E-state index contributed by atoms with van der Waals surface area (Å²) in [5.74, 6) is 1.75. The summed E-state index contributed by atoms with van der Waals surface area (Å²) in [5.41, 5.74) is 0.148. The molecule has 1 aromatic rings. The lowest BCUT2D eigenvalue weighted by Gasteiger charge is -2.26. The first kappa shape index (κ1) is 13.5. The van der Waals surface area contributed by atoms with Crippen LogP contribution >= 0.6 is 11.6 Å². The van der Waals surface area contributed by atoms with Gasteiger partial charge in [-0.15, -0.1) is 11.6 Å². The Balaban J connectivity index is 2.73. The van der Waals surface area contributed by atoms with Gasteiger partial charge in [-0.3, -0.25) is 4.68 Å². The topological polar surface area (TPSA) is 30.7 Å². The van der Waals surface area contributed by atoms with Crippen molar-refractivity contribution in [1.29, 1.82) is 0 Å². The van der Waals surface area contributed by atoms with Crippen LogP contribution in [0, 0.1) is 5.41 Å². The maximum absolute atomic E-state index is 6.08. The van der Waals surface area contributed by atoms with Crippen molar-refractivity contribution in [3.05, 3.63) is 12.2 Å². The Morgan fingerprint density at radius 3 is 2.69 bits per heavy atom. The van der Waals surface area contributed by atoms with Crippen LogP contribution in [0.15, 0.2) is 6.33 Å². The van der Waals surface area contributed by atoms with Gasteiger partial charge in [-0.2, -0.15) is 5.10 Å². The Hall–Kier alpha value is -0.570. The van der Waals surface area contributed by atoms with Gasteiger partial charge >= 0.3 is 0 Å². The molecule has 1 aromatic heterocycles. The van der Waals surface area contributed by atoms with Crippen molar-refractivity contribution in [2.45, 2.75) is 53.0 Å². The van der Waals surface area contributed by atoms with Crippen LogP contribution in [0.2, 0.25) is 0 Å². The van der Waals surface area contributed by atoms with Crippen molar-refractivity contribution in [2.24, 2.45) is 5.41 Å². The maximum Gasteiger partial charge on any atom is 0.138 e. The molecule has 0 N–H and O–H groups in total. The van der Waals surface area contributed by atoms with Gasteiger partial charge in [-0.1, -0.05) is 27.2 Å². The molecule has 0 aromatic carbocycles. The smallest absolute Gasteiger partial charge is 0.138 e. The molecule has 0 fully saturated rings. The van der Waals surface area contributed by atoms with Gasteiger partial charge in [0.2, 0.25) is 0 Å². The predicted octanol–water partition coefficient (Wildman–Crippen LogP) is 3.28. The van der Waals surface area contributed by atoms with E-state index in [-0.39, 0.29) is 5.41 Å². The van der Waals surface area contributed by atoms with Crippen molar-refractivity contribution < 1.29 is 0 Å². The Kier molecular flexibility index (Phi) is 5.26. The van der Waals surface area contributed by atoms with Gasteiger partial charge < -0.3 is 0 Å². The summed E-state index contributed by atoms with van der Waals surface area (Å²) in [7, 11) is 0. The van der Waals surface area contributed by atoms with E-state index < -0.39 is 0 Å². The third-order valence-electron chi connectivity index (χ3n) is 2.89. The second kappa shape index (κ2) is 6.24. The van der Waals surface area contributed by atoms with E-state index in [1.165, 1.54) is 0 Å². The molecule has 92 valence electrons. The van der Waals surface area contributed by atoms with E-state index in [0.29, 0.717) is 5.88 Å². The van der Waals surface area contributed by atoms with Crippen LogP contribution < -0.4 is 0 Å². The van der Waals surface area contributed by atoms with Gasteiger partial charge in [-0.25, -0.2) is 4.98 Å². The average molecular weight is 244 g/mol. The minimum Gasteiger partial charge on any atom is -0.250 e. The van der Waals surface area contributed by atoms with E-state index in [9.17, 15) is 0 Å². The third kappa shape index (κ3) is 3.48. The third-order valence-corrected chi connectivity index (χ3v) is 3.54. The normalized spacial score (nSPS) is 15.0. The number of nitrogens with zero attached hydrogens (tertiary/aromatic N) is 3. The fourth-order valence-electron chi connectivity index (χ4n) is 2.01. The second-order valence-corrected chi connectivity index (χ2v) is 5.04. The molecule has 1 atom stereocenters. The van der Waals surface area contributed by atoms with Gasteiger partial charge in [0, 0.05) is 18.8 Å². The minimum absolute atomic E-state index is 0.148. The first-order valence-electron chi connectivity index (χ1n) is 6.08. The van der Waals surface area contributed by atoms with Crippen LogP contribution in [0.4, 0.5) is 0 Å². The van der Waals surface area contributed by atoms with E-state index in [1.807, 2.05) is 4.68 Å². The summed E-state index contributed by atoms with van der Waals surface area (Å²) < 4.78 is 2.00. The summed E-state index contributed by atoms with van der Waals surface area (Å²) >= 11 is 6.08. The lowest BCUT2D eigenvalue weighted by molar-refractivity contribution is 0.320. The molecule has 0 amide bonds. The Morgan fingerprint density at radius 2 is 2.12 bits per heavy atom. The molecule has 1 rings (SSSR count). The number of halogens is 1. The highest BCUT2D eigenvalue weighted by atomic mass is 35.5. The van der Waals surface area contributed by atoms with E-state index in [4.69, 9.17) is 11.6 Å². The van der Waals surface area contributed by atoms with Gasteiger partial charge in [0.25, 0.3) is 0 Å². The van der Waals surface area contributed by atoms with Gasteiger partial charge in [0.05, 0.1) is 0 Å². The van der Waals surface area contributed by atoms with E-state index in [0.717, 1.165) is 38.1 Å². The number of aryl methyl sites for hydroxylation is 1. The SMILES string of the molecule is CCCn1ncnc1CC(C)(CCl)CCC. The molecule has 0 spiro atoms. The molecular formula is C12H22ClN3. The number of aromatic nitrogens is 3. The highest BCUT2D eigenvalue weighted by Crippen LogP contribution is 2.28. The van der Waals surface area contributed by atoms with E-state index in [2.05, 4.69) is 30.9 Å². The van der Waals surface area contributed by atoms with Crippen LogP contribution in [0.1, 0.15) is 45.9 Å². The fourth-order valence-corrected chi connectivity index (χ4v) is 2.24. The van der Waals surface area contributed by atoms with Gasteiger partial charge in [0.15, 0.2) is 0 Å². The molecule has 0 saturated carbocycles. The molecule has 16 heavy (non-hydrogen) atoms. The Bertz CT molecular complexity index is 311. The van der Waals surface area contributed by atoms with Crippen molar-refractivity contribution in [1.82, 2.24) is 14.8 Å². The highest BCUT2D eigenvalue weighted by Gasteiger charge is 2.25. The van der Waals surface area contributed by atoms with Crippen LogP contribution in [0.25, 0.3) is 0 Å². The zero-order chi connectivity index (χ0) is 12.0. The van der Waals surface area contributed by atoms with Crippen molar-refractivity contribution in [2.75, 3.05) is 5.88 Å². The molecule has 0 aliphatic heterocycles. The predicted molar refractivity (Wildman–Crippen MR) is 67.8 cm³/mol. The lowest BCUT2D eigenvalue weighted by atomic mass is 9.84. The highest BCUT2D eigenvalue weighted by molar-refractivity contribution is 6.18. The summed E-state index contributed by atoms with van der Waals surface area (Å²) in [5, 5.41) is 4.25. The quantitative estimate of drug-likeness (QED) is 0.689. The van der Waals surface area contributed by atoms with Crippen molar-refractivity contribution >= 4 is 11.6 Å².